The summed E-state index contributed by atoms with van der Waals surface area (Å²) in [7, 11) is 0. The van der Waals surface area contributed by atoms with Crippen molar-refractivity contribution in [2.45, 2.75) is 0 Å². The number of amides is 1. The Balaban J connectivity index is 2.18. The maximum atomic E-state index is 13.3. The number of nitriles is 1. The Bertz CT molecular complexity index is 660. The van der Waals surface area contributed by atoms with E-state index in [1.165, 1.54) is 24.3 Å². The molecule has 0 heterocycles. The molecule has 0 aliphatic rings. The summed E-state index contributed by atoms with van der Waals surface area (Å²) >= 11 is 0. The fourth-order valence-electron chi connectivity index (χ4n) is 1.48. The second-order valence-corrected chi connectivity index (χ2v) is 3.77. The highest BCUT2D eigenvalue weighted by atomic mass is 19.1. The van der Waals surface area contributed by atoms with Crippen LogP contribution in [0.1, 0.15) is 15.9 Å². The molecule has 0 radical (unpaired) electrons. The molecule has 0 aromatic heterocycles. The van der Waals surface area contributed by atoms with Crippen LogP contribution in [0.4, 0.5) is 14.5 Å². The van der Waals surface area contributed by atoms with Crippen LogP contribution in [0.25, 0.3) is 0 Å². The van der Waals surface area contributed by atoms with Crippen molar-refractivity contribution in [2.24, 2.45) is 0 Å². The second kappa shape index (κ2) is 5.27. The predicted octanol–water partition coefficient (Wildman–Crippen LogP) is 3.09. The molecule has 0 saturated heterocycles. The molecule has 19 heavy (non-hydrogen) atoms. The van der Waals surface area contributed by atoms with Crippen LogP contribution in [0, 0.1) is 23.0 Å². The number of carbonyl (C=O) groups excluding carboxylic acids is 1. The van der Waals surface area contributed by atoms with Gasteiger partial charge in [0.2, 0.25) is 0 Å². The molecule has 2 aromatic carbocycles. The van der Waals surface area contributed by atoms with Crippen molar-refractivity contribution < 1.29 is 13.6 Å². The third-order valence-corrected chi connectivity index (χ3v) is 2.46. The fourth-order valence-corrected chi connectivity index (χ4v) is 1.48. The Morgan fingerprint density at radius 2 is 1.79 bits per heavy atom. The summed E-state index contributed by atoms with van der Waals surface area (Å²) in [5.74, 6) is -2.09. The van der Waals surface area contributed by atoms with E-state index in [2.05, 4.69) is 5.32 Å². The van der Waals surface area contributed by atoms with Crippen molar-refractivity contribution in [2.75, 3.05) is 5.32 Å². The summed E-state index contributed by atoms with van der Waals surface area (Å²) in [4.78, 5) is 11.8. The number of rotatable bonds is 2. The summed E-state index contributed by atoms with van der Waals surface area (Å²) in [5, 5.41) is 11.0. The Morgan fingerprint density at radius 1 is 1.11 bits per heavy atom. The zero-order valence-electron chi connectivity index (χ0n) is 9.65. The Labute approximate surface area is 108 Å². The number of hydrogen-bond donors (Lipinski definition) is 1. The van der Waals surface area contributed by atoms with E-state index in [0.29, 0.717) is 11.6 Å². The van der Waals surface area contributed by atoms with Crippen molar-refractivity contribution in [3.05, 3.63) is 65.2 Å². The SMILES string of the molecule is N#Cc1ccc(C(=O)Nc2ccc(F)cc2F)cc1. The van der Waals surface area contributed by atoms with E-state index in [4.69, 9.17) is 5.26 Å². The van der Waals surface area contributed by atoms with Crippen LogP contribution in [0.5, 0.6) is 0 Å². The van der Waals surface area contributed by atoms with Gasteiger partial charge in [0, 0.05) is 11.6 Å². The highest BCUT2D eigenvalue weighted by Gasteiger charge is 2.09. The molecule has 0 bridgehead atoms. The average Bonchev–Trinajstić information content (AvgIpc) is 2.42. The van der Waals surface area contributed by atoms with Crippen LogP contribution >= 0.6 is 0 Å². The van der Waals surface area contributed by atoms with Crippen molar-refractivity contribution >= 4 is 11.6 Å². The van der Waals surface area contributed by atoms with Crippen LogP contribution in [0.2, 0.25) is 0 Å². The van der Waals surface area contributed by atoms with E-state index in [-0.39, 0.29) is 11.3 Å². The van der Waals surface area contributed by atoms with Gasteiger partial charge >= 0.3 is 0 Å². The minimum atomic E-state index is -0.845. The minimum Gasteiger partial charge on any atom is -0.319 e. The maximum absolute atomic E-state index is 13.3. The monoisotopic (exact) mass is 258 g/mol. The second-order valence-electron chi connectivity index (χ2n) is 3.77. The summed E-state index contributed by atoms with van der Waals surface area (Å²) in [6.07, 6.45) is 0. The van der Waals surface area contributed by atoms with E-state index in [9.17, 15) is 13.6 Å². The van der Waals surface area contributed by atoms with E-state index in [1.807, 2.05) is 6.07 Å². The van der Waals surface area contributed by atoms with Crippen molar-refractivity contribution in [1.29, 1.82) is 5.26 Å². The molecule has 0 spiro atoms. The standard InChI is InChI=1S/C14H8F2N2O/c15-11-5-6-13(12(16)7-11)18-14(19)10-3-1-9(8-17)2-4-10/h1-7H,(H,18,19). The first-order valence-electron chi connectivity index (χ1n) is 5.37. The molecule has 1 N–H and O–H groups in total. The van der Waals surface area contributed by atoms with Crippen molar-refractivity contribution in [3.63, 3.8) is 0 Å². The molecule has 0 aliphatic heterocycles. The van der Waals surface area contributed by atoms with E-state index < -0.39 is 17.5 Å². The molecule has 0 unspecified atom stereocenters. The highest BCUT2D eigenvalue weighted by Crippen LogP contribution is 2.16. The topological polar surface area (TPSA) is 52.9 Å². The molecule has 2 rings (SSSR count). The molecule has 2 aromatic rings. The first kappa shape index (κ1) is 12.7. The van der Waals surface area contributed by atoms with Crippen LogP contribution in [0.15, 0.2) is 42.5 Å². The lowest BCUT2D eigenvalue weighted by atomic mass is 10.1. The summed E-state index contributed by atoms with van der Waals surface area (Å²) in [5.41, 5.74) is 0.600. The number of nitrogens with one attached hydrogen (secondary N) is 1. The van der Waals surface area contributed by atoms with Gasteiger partial charge in [0.1, 0.15) is 11.6 Å². The average molecular weight is 258 g/mol. The zero-order chi connectivity index (χ0) is 13.8. The van der Waals surface area contributed by atoms with Gasteiger partial charge in [-0.15, -0.1) is 0 Å². The summed E-state index contributed by atoms with van der Waals surface area (Å²) in [6, 6.07) is 10.7. The summed E-state index contributed by atoms with van der Waals surface area (Å²) in [6.45, 7) is 0. The largest absolute Gasteiger partial charge is 0.319 e. The molecule has 0 aliphatic carbocycles. The lowest BCUT2D eigenvalue weighted by molar-refractivity contribution is 0.102. The Morgan fingerprint density at radius 3 is 2.37 bits per heavy atom. The first-order valence-corrected chi connectivity index (χ1v) is 5.37. The molecular formula is C14H8F2N2O. The van der Waals surface area contributed by atoms with E-state index >= 15 is 0 Å². The van der Waals surface area contributed by atoms with Gasteiger partial charge < -0.3 is 5.32 Å². The van der Waals surface area contributed by atoms with Crippen LogP contribution in [0.3, 0.4) is 0 Å². The molecule has 0 saturated carbocycles. The molecule has 0 atom stereocenters. The van der Waals surface area contributed by atoms with Gasteiger partial charge in [-0.25, -0.2) is 8.78 Å². The van der Waals surface area contributed by atoms with Crippen LogP contribution in [-0.4, -0.2) is 5.91 Å². The number of nitrogens with zero attached hydrogens (tertiary/aromatic N) is 1. The third kappa shape index (κ3) is 2.93. The molecule has 94 valence electrons. The van der Waals surface area contributed by atoms with Crippen molar-refractivity contribution in [1.82, 2.24) is 0 Å². The third-order valence-electron chi connectivity index (χ3n) is 2.46. The van der Waals surface area contributed by atoms with Crippen LogP contribution < -0.4 is 5.32 Å². The molecule has 1 amide bonds. The Hall–Kier alpha value is -2.74. The quantitative estimate of drug-likeness (QED) is 0.899. The summed E-state index contributed by atoms with van der Waals surface area (Å²) < 4.78 is 26.1. The lowest BCUT2D eigenvalue weighted by Crippen LogP contribution is -2.13. The number of halogens is 2. The lowest BCUT2D eigenvalue weighted by Gasteiger charge is -2.06. The van der Waals surface area contributed by atoms with Gasteiger partial charge in [0.15, 0.2) is 0 Å². The number of anilines is 1. The van der Waals surface area contributed by atoms with Crippen LogP contribution in [-0.2, 0) is 0 Å². The Kier molecular flexibility index (Phi) is 3.53. The van der Waals surface area contributed by atoms with Gasteiger partial charge in [-0.05, 0) is 36.4 Å². The fraction of sp³-hybridized carbons (Fsp3) is 0. The van der Waals surface area contributed by atoms with Gasteiger partial charge in [0.25, 0.3) is 5.91 Å². The molecule has 5 heteroatoms. The number of hydrogen-bond acceptors (Lipinski definition) is 2. The molecular weight excluding hydrogens is 250 g/mol. The van der Waals surface area contributed by atoms with Gasteiger partial charge in [-0.3, -0.25) is 4.79 Å². The first-order chi connectivity index (χ1) is 9.10. The molecule has 3 nitrogen and oxygen atoms in total. The highest BCUT2D eigenvalue weighted by molar-refractivity contribution is 6.04. The van der Waals surface area contributed by atoms with E-state index in [0.717, 1.165) is 12.1 Å². The van der Waals surface area contributed by atoms with Gasteiger partial charge in [-0.1, -0.05) is 0 Å². The smallest absolute Gasteiger partial charge is 0.255 e. The van der Waals surface area contributed by atoms with Gasteiger partial charge in [-0.2, -0.15) is 5.26 Å². The van der Waals surface area contributed by atoms with Crippen molar-refractivity contribution in [3.8, 4) is 6.07 Å². The number of carbonyl (C=O) groups is 1. The minimum absolute atomic E-state index is 0.101. The zero-order valence-corrected chi connectivity index (χ0v) is 9.65. The normalized spacial score (nSPS) is 9.74. The van der Waals surface area contributed by atoms with E-state index in [1.54, 1.807) is 0 Å². The number of benzene rings is 2. The molecule has 0 fully saturated rings. The maximum Gasteiger partial charge on any atom is 0.255 e. The predicted molar refractivity (Wildman–Crippen MR) is 65.5 cm³/mol. The van der Waals surface area contributed by atoms with Gasteiger partial charge in [0.05, 0.1) is 17.3 Å².